The molecule has 0 spiro atoms. The molecule has 182 valence electrons. The van der Waals surface area contributed by atoms with E-state index in [1.165, 1.54) is 0 Å². The molecule has 6 unspecified atom stereocenters. The van der Waals surface area contributed by atoms with Crippen molar-refractivity contribution in [3.05, 3.63) is 0 Å². The number of aliphatic hydroxyl groups is 4. The molecule has 0 amide bonds. The maximum atomic E-state index is 10.2. The fourth-order valence-corrected chi connectivity index (χ4v) is 4.58. The minimum absolute atomic E-state index is 0.00540. The van der Waals surface area contributed by atoms with Crippen molar-refractivity contribution >= 4 is 0 Å². The maximum Gasteiger partial charge on any atom is 0.176 e. The van der Waals surface area contributed by atoms with Crippen LogP contribution < -0.4 is 22.5 Å². The Balaban J connectivity index is 1.55. The van der Waals surface area contributed by atoms with E-state index in [1.807, 2.05) is 0 Å². The van der Waals surface area contributed by atoms with E-state index < -0.39 is 49.1 Å². The van der Waals surface area contributed by atoms with Gasteiger partial charge in [0, 0.05) is 31.6 Å². The van der Waals surface area contributed by atoms with E-state index in [1.54, 1.807) is 0 Å². The van der Waals surface area contributed by atoms with Crippen molar-refractivity contribution in [2.24, 2.45) is 17.2 Å². The van der Waals surface area contributed by atoms with Crippen molar-refractivity contribution in [2.45, 2.75) is 93.0 Å². The van der Waals surface area contributed by atoms with Crippen LogP contribution in [0.25, 0.3) is 0 Å². The van der Waals surface area contributed by atoms with Crippen LogP contribution in [0.3, 0.4) is 0 Å². The molecule has 11 atom stereocenters. The molecule has 2 aliphatic heterocycles. The Morgan fingerprint density at radius 1 is 0.935 bits per heavy atom. The molecule has 3 fully saturated rings. The lowest BCUT2D eigenvalue weighted by Gasteiger charge is -2.41. The molecule has 0 aromatic heterocycles. The van der Waals surface area contributed by atoms with Gasteiger partial charge in [-0.05, 0) is 19.3 Å². The van der Waals surface area contributed by atoms with Crippen LogP contribution in [0.2, 0.25) is 0 Å². The van der Waals surface area contributed by atoms with E-state index in [0.717, 1.165) is 12.8 Å². The minimum Gasteiger partial charge on any atom is -0.395 e. The Bertz CT molecular complexity index is 547. The normalized spacial score (nSPS) is 46.4. The zero-order chi connectivity index (χ0) is 22.5. The first-order valence-corrected chi connectivity index (χ1v) is 11.0. The van der Waals surface area contributed by atoms with Crippen LogP contribution in [0, 0.1) is 0 Å². The van der Waals surface area contributed by atoms with Gasteiger partial charge in [-0.25, -0.2) is 0 Å². The van der Waals surface area contributed by atoms with Crippen molar-refractivity contribution in [3.8, 4) is 0 Å². The molecule has 0 radical (unpaired) electrons. The third-order valence-electron chi connectivity index (χ3n) is 6.22. The van der Waals surface area contributed by atoms with Gasteiger partial charge in [0.15, 0.2) is 12.6 Å². The average molecular weight is 451 g/mol. The van der Waals surface area contributed by atoms with Gasteiger partial charge in [-0.1, -0.05) is 0 Å². The molecule has 0 aromatic rings. The highest BCUT2D eigenvalue weighted by molar-refractivity contribution is 4.93. The van der Waals surface area contributed by atoms with Crippen LogP contribution >= 0.6 is 0 Å². The summed E-state index contributed by atoms with van der Waals surface area (Å²) in [7, 11) is 0. The van der Waals surface area contributed by atoms with Crippen molar-refractivity contribution in [1.29, 1.82) is 0 Å². The van der Waals surface area contributed by atoms with Gasteiger partial charge in [0.25, 0.3) is 0 Å². The van der Waals surface area contributed by atoms with Gasteiger partial charge in [-0.15, -0.1) is 0 Å². The average Bonchev–Trinajstić information content (AvgIpc) is 3.13. The third-order valence-corrected chi connectivity index (χ3v) is 6.22. The standard InChI is InChI=1S/C19H38N4O8/c20-7-13-17(26)18(27)16(22)19(31-13)30-12-6-15(29-14(12)8-25)28-11-4-9(21)3-10(5-11)23-1-2-24/h9-19,23-27H,1-8,20-22H2/t9?,10?,11?,12-,13-,14?,15?,16+,17+,18?,19-/m0/s1. The lowest BCUT2D eigenvalue weighted by molar-refractivity contribution is -0.274. The second-order valence-electron chi connectivity index (χ2n) is 8.63. The predicted octanol–water partition coefficient (Wildman–Crippen LogP) is -3.94. The van der Waals surface area contributed by atoms with Crippen LogP contribution in [0.1, 0.15) is 25.7 Å². The molecular formula is C19H38N4O8. The quantitative estimate of drug-likeness (QED) is 0.169. The summed E-state index contributed by atoms with van der Waals surface area (Å²) in [4.78, 5) is 0. The molecule has 0 aromatic carbocycles. The Labute approximate surface area is 181 Å². The number of nitrogens with two attached hydrogens (primary N) is 3. The third kappa shape index (κ3) is 6.31. The van der Waals surface area contributed by atoms with Crippen molar-refractivity contribution in [1.82, 2.24) is 5.32 Å². The highest BCUT2D eigenvalue weighted by Gasteiger charge is 2.46. The Morgan fingerprint density at radius 2 is 1.71 bits per heavy atom. The summed E-state index contributed by atoms with van der Waals surface area (Å²) in [5, 5.41) is 42.2. The molecule has 2 heterocycles. The first kappa shape index (κ1) is 25.1. The first-order valence-electron chi connectivity index (χ1n) is 11.0. The van der Waals surface area contributed by atoms with Crippen LogP contribution in [-0.4, -0.2) is 114 Å². The molecule has 2 saturated heterocycles. The summed E-state index contributed by atoms with van der Waals surface area (Å²) < 4.78 is 23.5. The second kappa shape index (κ2) is 11.6. The molecule has 1 aliphatic carbocycles. The smallest absolute Gasteiger partial charge is 0.176 e. The molecule has 1 saturated carbocycles. The van der Waals surface area contributed by atoms with Gasteiger partial charge in [0.2, 0.25) is 0 Å². The summed E-state index contributed by atoms with van der Waals surface area (Å²) in [6.07, 6.45) is -3.66. The highest BCUT2D eigenvalue weighted by atomic mass is 16.7. The molecule has 12 heteroatoms. The van der Waals surface area contributed by atoms with Gasteiger partial charge in [0.05, 0.1) is 31.5 Å². The van der Waals surface area contributed by atoms with Crippen LogP contribution in [0.15, 0.2) is 0 Å². The van der Waals surface area contributed by atoms with E-state index in [0.29, 0.717) is 19.4 Å². The largest absolute Gasteiger partial charge is 0.395 e. The second-order valence-corrected chi connectivity index (χ2v) is 8.63. The lowest BCUT2D eigenvalue weighted by Crippen LogP contribution is -2.63. The lowest BCUT2D eigenvalue weighted by atomic mass is 9.89. The zero-order valence-electron chi connectivity index (χ0n) is 17.7. The summed E-state index contributed by atoms with van der Waals surface area (Å²) in [6, 6.07) is -0.851. The number of hydrogen-bond donors (Lipinski definition) is 8. The van der Waals surface area contributed by atoms with Gasteiger partial charge < -0.3 is 61.9 Å². The van der Waals surface area contributed by atoms with Gasteiger partial charge in [-0.2, -0.15) is 0 Å². The van der Waals surface area contributed by atoms with Crippen molar-refractivity contribution < 1.29 is 39.4 Å². The monoisotopic (exact) mass is 450 g/mol. The Morgan fingerprint density at radius 3 is 2.39 bits per heavy atom. The van der Waals surface area contributed by atoms with E-state index in [4.69, 9.17) is 41.3 Å². The first-order chi connectivity index (χ1) is 14.9. The number of nitrogens with one attached hydrogen (secondary N) is 1. The topological polar surface area (TPSA) is 208 Å². The van der Waals surface area contributed by atoms with Gasteiger partial charge in [-0.3, -0.25) is 0 Å². The maximum absolute atomic E-state index is 10.2. The summed E-state index contributed by atoms with van der Waals surface area (Å²) >= 11 is 0. The molecule has 3 rings (SSSR count). The summed E-state index contributed by atoms with van der Waals surface area (Å²) in [5.41, 5.74) is 17.7. The van der Waals surface area contributed by atoms with E-state index in [9.17, 15) is 15.3 Å². The van der Waals surface area contributed by atoms with Gasteiger partial charge >= 0.3 is 0 Å². The Kier molecular flexibility index (Phi) is 9.40. The fourth-order valence-electron chi connectivity index (χ4n) is 4.58. The number of ether oxygens (including phenoxy) is 4. The molecular weight excluding hydrogens is 412 g/mol. The van der Waals surface area contributed by atoms with Crippen molar-refractivity contribution in [2.75, 3.05) is 26.3 Å². The number of hydrogen-bond acceptors (Lipinski definition) is 12. The molecule has 11 N–H and O–H groups in total. The van der Waals surface area contributed by atoms with Gasteiger partial charge in [0.1, 0.15) is 24.4 Å². The van der Waals surface area contributed by atoms with E-state index in [2.05, 4.69) is 5.32 Å². The van der Waals surface area contributed by atoms with E-state index >= 15 is 0 Å². The minimum atomic E-state index is -1.25. The van der Waals surface area contributed by atoms with Crippen LogP contribution in [0.4, 0.5) is 0 Å². The fraction of sp³-hybridized carbons (Fsp3) is 1.00. The predicted molar refractivity (Wildman–Crippen MR) is 109 cm³/mol. The zero-order valence-corrected chi connectivity index (χ0v) is 17.7. The molecule has 12 nitrogen and oxygen atoms in total. The number of aliphatic hydroxyl groups excluding tert-OH is 4. The van der Waals surface area contributed by atoms with E-state index in [-0.39, 0.29) is 37.9 Å². The van der Waals surface area contributed by atoms with Crippen LogP contribution in [-0.2, 0) is 18.9 Å². The van der Waals surface area contributed by atoms with Crippen molar-refractivity contribution in [3.63, 3.8) is 0 Å². The highest BCUT2D eigenvalue weighted by Crippen LogP contribution is 2.31. The van der Waals surface area contributed by atoms with Crippen LogP contribution in [0.5, 0.6) is 0 Å². The molecule has 31 heavy (non-hydrogen) atoms. The summed E-state index contributed by atoms with van der Waals surface area (Å²) in [6.45, 7) is 0.262. The summed E-state index contributed by atoms with van der Waals surface area (Å²) in [5.74, 6) is 0. The molecule has 3 aliphatic rings. The SMILES string of the molecule is NC[C@@H]1O[C@H](O[C@H]2CC(OC3CC(N)CC(NCCO)C3)OC2CO)[C@H](N)C(O)[C@@H]1O. The number of rotatable bonds is 9. The molecule has 0 bridgehead atoms. The Hall–Kier alpha value is -0.480.